The maximum atomic E-state index is 12.8. The van der Waals surface area contributed by atoms with E-state index in [0.717, 1.165) is 12.8 Å². The molecule has 1 aliphatic rings. The van der Waals surface area contributed by atoms with Gasteiger partial charge in [-0.2, -0.15) is 0 Å². The predicted octanol–water partition coefficient (Wildman–Crippen LogP) is 4.32. The zero-order chi connectivity index (χ0) is 18.8. The monoisotopic (exact) mass is 415 g/mol. The molecule has 3 aromatic rings. The van der Waals surface area contributed by atoms with Crippen LogP contribution in [0.3, 0.4) is 0 Å². The molecule has 0 radical (unpaired) electrons. The van der Waals surface area contributed by atoms with Gasteiger partial charge in [-0.25, -0.2) is 4.98 Å². The number of aromatic nitrogens is 4. The molecule has 1 N–H and O–H groups in total. The molecule has 3 heterocycles. The number of hydrogen-bond acceptors (Lipinski definition) is 6. The average Bonchev–Trinajstić information content (AvgIpc) is 3.40. The topological polar surface area (TPSA) is 80.7 Å². The predicted molar refractivity (Wildman–Crippen MR) is 105 cm³/mol. The van der Waals surface area contributed by atoms with Crippen LogP contribution in [-0.4, -0.2) is 26.1 Å². The summed E-state index contributed by atoms with van der Waals surface area (Å²) in [7, 11) is 0. The normalized spacial score (nSPS) is 13.0. The van der Waals surface area contributed by atoms with Gasteiger partial charge in [-0.1, -0.05) is 40.5 Å². The van der Waals surface area contributed by atoms with E-state index in [2.05, 4.69) is 37.3 Å². The third kappa shape index (κ3) is 4.25. The fourth-order valence-corrected chi connectivity index (χ4v) is 3.27. The summed E-state index contributed by atoms with van der Waals surface area (Å²) in [6.07, 6.45) is 6.80. The van der Waals surface area contributed by atoms with E-state index in [9.17, 15) is 4.79 Å². The van der Waals surface area contributed by atoms with Crippen LogP contribution >= 0.6 is 34.5 Å². The van der Waals surface area contributed by atoms with Gasteiger partial charge in [0.25, 0.3) is 5.91 Å². The van der Waals surface area contributed by atoms with Gasteiger partial charge >= 0.3 is 0 Å². The Bertz CT molecular complexity index is 1080. The zero-order valence-electron chi connectivity index (χ0n) is 13.7. The van der Waals surface area contributed by atoms with Gasteiger partial charge < -0.3 is 0 Å². The van der Waals surface area contributed by atoms with Gasteiger partial charge in [-0.15, -0.1) is 10.2 Å². The molecule has 1 amide bonds. The third-order valence-electron chi connectivity index (χ3n) is 3.78. The molecule has 1 aliphatic carbocycles. The van der Waals surface area contributed by atoms with Crippen LogP contribution < -0.4 is 5.32 Å². The summed E-state index contributed by atoms with van der Waals surface area (Å²) >= 11 is 13.4. The van der Waals surface area contributed by atoms with E-state index >= 15 is 0 Å². The van der Waals surface area contributed by atoms with Crippen molar-refractivity contribution in [1.29, 1.82) is 0 Å². The van der Waals surface area contributed by atoms with Crippen molar-refractivity contribution in [3.8, 4) is 23.0 Å². The molecule has 0 unspecified atom stereocenters. The lowest BCUT2D eigenvalue weighted by Gasteiger charge is -2.10. The van der Waals surface area contributed by atoms with Gasteiger partial charge in [0.2, 0.25) is 5.13 Å². The Kier molecular flexibility index (Phi) is 5.03. The molecule has 3 aromatic heterocycles. The molecule has 4 rings (SSSR count). The second kappa shape index (κ2) is 7.61. The van der Waals surface area contributed by atoms with Crippen LogP contribution in [-0.2, 0) is 0 Å². The van der Waals surface area contributed by atoms with Crippen molar-refractivity contribution < 1.29 is 4.79 Å². The van der Waals surface area contributed by atoms with E-state index in [1.165, 1.54) is 23.7 Å². The fourth-order valence-electron chi connectivity index (χ4n) is 2.31. The number of rotatable bonds is 3. The van der Waals surface area contributed by atoms with Crippen molar-refractivity contribution in [1.82, 2.24) is 20.2 Å². The highest BCUT2D eigenvalue weighted by molar-refractivity contribution is 7.15. The van der Waals surface area contributed by atoms with Crippen molar-refractivity contribution >= 4 is 45.6 Å². The Balaban J connectivity index is 1.59. The summed E-state index contributed by atoms with van der Waals surface area (Å²) in [5.41, 5.74) is 1.50. The minimum atomic E-state index is -0.353. The van der Waals surface area contributed by atoms with Crippen molar-refractivity contribution in [2.45, 2.75) is 12.8 Å². The molecule has 9 heteroatoms. The minimum absolute atomic E-state index is 0.271. The second-order valence-corrected chi connectivity index (χ2v) is 7.59. The van der Waals surface area contributed by atoms with Crippen LogP contribution in [0.15, 0.2) is 30.7 Å². The number of carbonyl (C=O) groups excluding carboxylic acids is 1. The molecule has 134 valence electrons. The Morgan fingerprint density at radius 2 is 2.07 bits per heavy atom. The summed E-state index contributed by atoms with van der Waals surface area (Å²) in [4.78, 5) is 20.8. The number of amides is 1. The first-order valence-corrected chi connectivity index (χ1v) is 9.59. The van der Waals surface area contributed by atoms with E-state index in [-0.39, 0.29) is 11.1 Å². The van der Waals surface area contributed by atoms with Crippen LogP contribution in [0, 0.1) is 17.8 Å². The highest BCUT2D eigenvalue weighted by Gasteiger charge is 2.19. The summed E-state index contributed by atoms with van der Waals surface area (Å²) < 4.78 is 0. The lowest BCUT2D eigenvalue weighted by Crippen LogP contribution is -2.13. The molecule has 1 saturated carbocycles. The van der Waals surface area contributed by atoms with Gasteiger partial charge in [0.15, 0.2) is 5.01 Å². The van der Waals surface area contributed by atoms with Crippen molar-refractivity contribution in [2.75, 3.05) is 5.32 Å². The molecule has 0 atom stereocenters. The van der Waals surface area contributed by atoms with Crippen LogP contribution in [0.1, 0.15) is 28.2 Å². The highest BCUT2D eigenvalue weighted by Crippen LogP contribution is 2.32. The van der Waals surface area contributed by atoms with Crippen molar-refractivity contribution in [3.63, 3.8) is 0 Å². The Morgan fingerprint density at radius 3 is 2.89 bits per heavy atom. The summed E-state index contributed by atoms with van der Waals surface area (Å²) in [5, 5.41) is 12.3. The molecule has 0 aliphatic heterocycles. The van der Waals surface area contributed by atoms with E-state index in [4.69, 9.17) is 23.2 Å². The standard InChI is InChI=1S/C18H11Cl2N5OS/c19-14-9-22-15(20)7-12(14)13-8-21-6-5-11(13)17(26)23-18-25-24-16(27-18)4-3-10-1-2-10/h5-10H,1-2H2,(H,23,25,26). The second-order valence-electron chi connectivity index (χ2n) is 5.82. The molecule has 0 saturated heterocycles. The Labute approximate surface area is 169 Å². The number of anilines is 1. The molecule has 27 heavy (non-hydrogen) atoms. The molecular formula is C18H11Cl2N5OS. The maximum absolute atomic E-state index is 12.8. The Hall–Kier alpha value is -2.53. The summed E-state index contributed by atoms with van der Waals surface area (Å²) in [5.74, 6) is 6.23. The number of nitrogens with zero attached hydrogens (tertiary/aromatic N) is 4. The fraction of sp³-hybridized carbons (Fsp3) is 0.167. The Morgan fingerprint density at radius 1 is 1.22 bits per heavy atom. The SMILES string of the molecule is O=C(Nc1nnc(C#CC2CC2)s1)c1ccncc1-c1cc(Cl)ncc1Cl. The summed E-state index contributed by atoms with van der Waals surface area (Å²) in [6.45, 7) is 0. The molecule has 1 fully saturated rings. The van der Waals surface area contributed by atoms with Crippen LogP contribution in [0.5, 0.6) is 0 Å². The lowest BCUT2D eigenvalue weighted by molar-refractivity contribution is 0.102. The molecule has 0 bridgehead atoms. The average molecular weight is 416 g/mol. The quantitative estimate of drug-likeness (QED) is 0.508. The van der Waals surface area contributed by atoms with Crippen LogP contribution in [0.2, 0.25) is 10.2 Å². The largest absolute Gasteiger partial charge is 0.296 e. The lowest BCUT2D eigenvalue weighted by atomic mass is 10.0. The van der Waals surface area contributed by atoms with Crippen molar-refractivity contribution in [3.05, 3.63) is 51.5 Å². The molecule has 0 aromatic carbocycles. The molecule has 0 spiro atoms. The first-order chi connectivity index (χ1) is 13.1. The smallest absolute Gasteiger partial charge is 0.258 e. The molecular weight excluding hydrogens is 405 g/mol. The third-order valence-corrected chi connectivity index (χ3v) is 5.05. The van der Waals surface area contributed by atoms with E-state index in [0.29, 0.717) is 37.8 Å². The van der Waals surface area contributed by atoms with Gasteiger partial charge in [0, 0.05) is 35.6 Å². The number of pyridine rings is 2. The van der Waals surface area contributed by atoms with Gasteiger partial charge in [0.05, 0.1) is 10.6 Å². The maximum Gasteiger partial charge on any atom is 0.258 e. The number of nitrogens with one attached hydrogen (secondary N) is 1. The van der Waals surface area contributed by atoms with E-state index in [1.807, 2.05) is 0 Å². The van der Waals surface area contributed by atoms with Gasteiger partial charge in [-0.05, 0) is 30.9 Å². The first kappa shape index (κ1) is 17.9. The zero-order valence-corrected chi connectivity index (χ0v) is 16.1. The summed E-state index contributed by atoms with van der Waals surface area (Å²) in [6, 6.07) is 3.19. The van der Waals surface area contributed by atoms with Gasteiger partial charge in [0.1, 0.15) is 5.15 Å². The highest BCUT2D eigenvalue weighted by atomic mass is 35.5. The van der Waals surface area contributed by atoms with Gasteiger partial charge in [-0.3, -0.25) is 15.1 Å². The van der Waals surface area contributed by atoms with Crippen LogP contribution in [0.4, 0.5) is 5.13 Å². The minimum Gasteiger partial charge on any atom is -0.296 e. The van der Waals surface area contributed by atoms with Crippen LogP contribution in [0.25, 0.3) is 11.1 Å². The number of hydrogen-bond donors (Lipinski definition) is 1. The van der Waals surface area contributed by atoms with E-state index < -0.39 is 0 Å². The first-order valence-electron chi connectivity index (χ1n) is 8.02. The van der Waals surface area contributed by atoms with Crippen molar-refractivity contribution in [2.24, 2.45) is 5.92 Å². The number of halogens is 2. The number of carbonyl (C=O) groups is 1. The van der Waals surface area contributed by atoms with E-state index in [1.54, 1.807) is 18.3 Å². The molecule has 6 nitrogen and oxygen atoms in total.